The normalized spacial score (nSPS) is 20.2. The van der Waals surface area contributed by atoms with Crippen LogP contribution in [0.1, 0.15) is 24.0 Å². The smallest absolute Gasteiger partial charge is 0.279 e. The van der Waals surface area contributed by atoms with Crippen molar-refractivity contribution in [2.24, 2.45) is 5.92 Å². The fourth-order valence-electron chi connectivity index (χ4n) is 2.72. The van der Waals surface area contributed by atoms with Crippen LogP contribution in [0.25, 0.3) is 0 Å². The summed E-state index contributed by atoms with van der Waals surface area (Å²) >= 11 is 0. The number of ether oxygens (including phenoxy) is 1. The fraction of sp³-hybridized carbons (Fsp3) is 0.600. The zero-order valence-corrected chi connectivity index (χ0v) is 13.7. The van der Waals surface area contributed by atoms with Crippen LogP contribution in [0.3, 0.4) is 0 Å². The second-order valence-electron chi connectivity index (χ2n) is 5.63. The van der Waals surface area contributed by atoms with E-state index in [2.05, 4.69) is 4.72 Å². The van der Waals surface area contributed by atoms with Gasteiger partial charge in [0.25, 0.3) is 10.2 Å². The molecule has 2 rings (SSSR count). The zero-order chi connectivity index (χ0) is 16.0. The predicted octanol–water partition coefficient (Wildman–Crippen LogP) is 0.872. The molecule has 22 heavy (non-hydrogen) atoms. The maximum atomic E-state index is 12.4. The van der Waals surface area contributed by atoms with E-state index >= 15 is 0 Å². The van der Waals surface area contributed by atoms with Crippen molar-refractivity contribution in [2.75, 3.05) is 26.8 Å². The topological polar surface area (TPSA) is 78.9 Å². The minimum Gasteiger partial charge on any atom is -0.392 e. The van der Waals surface area contributed by atoms with E-state index in [9.17, 15) is 8.42 Å². The first kappa shape index (κ1) is 17.4. The van der Waals surface area contributed by atoms with Crippen LogP contribution in [0.15, 0.2) is 24.3 Å². The molecule has 6 nitrogen and oxygen atoms in total. The Morgan fingerprint density at radius 2 is 2.18 bits per heavy atom. The van der Waals surface area contributed by atoms with E-state index in [4.69, 9.17) is 9.84 Å². The Morgan fingerprint density at radius 3 is 2.91 bits per heavy atom. The van der Waals surface area contributed by atoms with Gasteiger partial charge in [0.05, 0.1) is 13.2 Å². The number of aliphatic hydroxyl groups excluding tert-OH is 1. The highest BCUT2D eigenvalue weighted by molar-refractivity contribution is 7.87. The average Bonchev–Trinajstić information content (AvgIpc) is 2.54. The van der Waals surface area contributed by atoms with Crippen molar-refractivity contribution < 1.29 is 18.3 Å². The molecule has 1 fully saturated rings. The van der Waals surface area contributed by atoms with E-state index in [1.165, 1.54) is 4.31 Å². The number of methoxy groups -OCH3 is 1. The highest BCUT2D eigenvalue weighted by Gasteiger charge is 2.28. The summed E-state index contributed by atoms with van der Waals surface area (Å²) < 4.78 is 34.0. The van der Waals surface area contributed by atoms with Crippen molar-refractivity contribution >= 4 is 10.2 Å². The molecule has 1 heterocycles. The molecule has 1 saturated heterocycles. The van der Waals surface area contributed by atoms with Crippen LogP contribution < -0.4 is 4.72 Å². The molecule has 1 aromatic carbocycles. The number of hydrogen-bond acceptors (Lipinski definition) is 4. The largest absolute Gasteiger partial charge is 0.392 e. The Balaban J connectivity index is 1.95. The van der Waals surface area contributed by atoms with Crippen LogP contribution >= 0.6 is 0 Å². The number of nitrogens with one attached hydrogen (secondary N) is 1. The molecule has 0 aromatic heterocycles. The van der Waals surface area contributed by atoms with E-state index in [1.807, 2.05) is 12.1 Å². The summed E-state index contributed by atoms with van der Waals surface area (Å²) in [4.78, 5) is 0. The number of benzene rings is 1. The standard InChI is InChI=1S/C15H24N2O4S/c1-21-12-15-6-3-7-17(10-15)22(19,20)16-9-13-4-2-5-14(8-13)11-18/h2,4-5,8,15-16,18H,3,6-7,9-12H2,1H3. The third-order valence-corrected chi connectivity index (χ3v) is 5.38. The highest BCUT2D eigenvalue weighted by Crippen LogP contribution is 2.19. The molecule has 1 aliphatic heterocycles. The van der Waals surface area contributed by atoms with Crippen molar-refractivity contribution in [2.45, 2.75) is 26.0 Å². The summed E-state index contributed by atoms with van der Waals surface area (Å²) in [7, 11) is -1.85. The summed E-state index contributed by atoms with van der Waals surface area (Å²) in [5.41, 5.74) is 1.61. The van der Waals surface area contributed by atoms with E-state index in [0.717, 1.165) is 24.0 Å². The molecule has 7 heteroatoms. The Morgan fingerprint density at radius 1 is 1.41 bits per heavy atom. The second-order valence-corrected chi connectivity index (χ2v) is 7.38. The molecule has 1 unspecified atom stereocenters. The number of nitrogens with zero attached hydrogens (tertiary/aromatic N) is 1. The lowest BCUT2D eigenvalue weighted by Gasteiger charge is -2.31. The summed E-state index contributed by atoms with van der Waals surface area (Å²) in [6, 6.07) is 7.25. The molecule has 0 spiro atoms. The first-order valence-electron chi connectivity index (χ1n) is 7.47. The minimum atomic E-state index is -3.49. The molecule has 1 aliphatic rings. The second kappa shape index (κ2) is 8.03. The first-order valence-corrected chi connectivity index (χ1v) is 8.91. The lowest BCUT2D eigenvalue weighted by atomic mass is 10.0. The molecule has 0 aliphatic carbocycles. The Hall–Kier alpha value is -0.990. The van der Waals surface area contributed by atoms with Gasteiger partial charge in [-0.05, 0) is 29.9 Å². The van der Waals surface area contributed by atoms with E-state index in [1.54, 1.807) is 19.2 Å². The summed E-state index contributed by atoms with van der Waals surface area (Å²) in [6.07, 6.45) is 1.85. The highest BCUT2D eigenvalue weighted by atomic mass is 32.2. The molecule has 124 valence electrons. The van der Waals surface area contributed by atoms with E-state index < -0.39 is 10.2 Å². The molecule has 0 saturated carbocycles. The molecule has 0 amide bonds. The van der Waals surface area contributed by atoms with Crippen molar-refractivity contribution in [1.82, 2.24) is 9.03 Å². The molecular weight excluding hydrogens is 304 g/mol. The lowest BCUT2D eigenvalue weighted by Crippen LogP contribution is -2.46. The predicted molar refractivity (Wildman–Crippen MR) is 84.3 cm³/mol. The van der Waals surface area contributed by atoms with Gasteiger partial charge in [-0.1, -0.05) is 24.3 Å². The van der Waals surface area contributed by atoms with Crippen LogP contribution in [0.4, 0.5) is 0 Å². The Bertz CT molecular complexity index is 575. The van der Waals surface area contributed by atoms with Crippen molar-refractivity contribution in [3.63, 3.8) is 0 Å². The molecule has 1 atom stereocenters. The first-order chi connectivity index (χ1) is 10.5. The summed E-state index contributed by atoms with van der Waals surface area (Å²) in [6.45, 7) is 1.81. The number of rotatable bonds is 7. The lowest BCUT2D eigenvalue weighted by molar-refractivity contribution is 0.118. The van der Waals surface area contributed by atoms with Gasteiger partial charge in [0.2, 0.25) is 0 Å². The van der Waals surface area contributed by atoms with Gasteiger partial charge in [0.15, 0.2) is 0 Å². The minimum absolute atomic E-state index is 0.0502. The summed E-state index contributed by atoms with van der Waals surface area (Å²) in [5, 5.41) is 9.11. The van der Waals surface area contributed by atoms with Gasteiger partial charge in [-0.3, -0.25) is 0 Å². The Kier molecular flexibility index (Phi) is 6.34. The number of hydrogen-bond donors (Lipinski definition) is 2. The van der Waals surface area contributed by atoms with Gasteiger partial charge in [-0.25, -0.2) is 0 Å². The number of aliphatic hydroxyl groups is 1. The van der Waals surface area contributed by atoms with E-state index in [-0.39, 0.29) is 19.1 Å². The Labute approximate surface area is 132 Å². The zero-order valence-electron chi connectivity index (χ0n) is 12.9. The third-order valence-electron chi connectivity index (χ3n) is 3.86. The van der Waals surface area contributed by atoms with Crippen LogP contribution in [0, 0.1) is 5.92 Å². The van der Waals surface area contributed by atoms with Crippen molar-refractivity contribution in [3.8, 4) is 0 Å². The van der Waals surface area contributed by atoms with Gasteiger partial charge in [-0.15, -0.1) is 0 Å². The molecule has 0 radical (unpaired) electrons. The fourth-order valence-corrected chi connectivity index (χ4v) is 4.03. The molecule has 0 bridgehead atoms. The molecular formula is C15H24N2O4S. The summed E-state index contributed by atoms with van der Waals surface area (Å²) in [5.74, 6) is 0.257. The van der Waals surface area contributed by atoms with Crippen LogP contribution in [0.5, 0.6) is 0 Å². The molecule has 2 N–H and O–H groups in total. The van der Waals surface area contributed by atoms with Gasteiger partial charge >= 0.3 is 0 Å². The van der Waals surface area contributed by atoms with Crippen LogP contribution in [-0.2, 0) is 28.1 Å². The average molecular weight is 328 g/mol. The van der Waals surface area contributed by atoms with Gasteiger partial charge in [0, 0.05) is 26.7 Å². The molecule has 1 aromatic rings. The number of piperidine rings is 1. The third kappa shape index (κ3) is 4.76. The van der Waals surface area contributed by atoms with Crippen molar-refractivity contribution in [3.05, 3.63) is 35.4 Å². The maximum Gasteiger partial charge on any atom is 0.279 e. The SMILES string of the molecule is COCC1CCCN(S(=O)(=O)NCc2cccc(CO)c2)C1. The van der Waals surface area contributed by atoms with Crippen LogP contribution in [-0.4, -0.2) is 44.6 Å². The maximum absolute atomic E-state index is 12.4. The quantitative estimate of drug-likeness (QED) is 0.778. The van der Waals surface area contributed by atoms with Gasteiger partial charge in [0.1, 0.15) is 0 Å². The van der Waals surface area contributed by atoms with Crippen molar-refractivity contribution in [1.29, 1.82) is 0 Å². The monoisotopic (exact) mass is 328 g/mol. The van der Waals surface area contributed by atoms with Gasteiger partial charge in [-0.2, -0.15) is 17.4 Å². The van der Waals surface area contributed by atoms with E-state index in [0.29, 0.717) is 19.7 Å². The van der Waals surface area contributed by atoms with Gasteiger partial charge < -0.3 is 9.84 Å². The van der Waals surface area contributed by atoms with Crippen LogP contribution in [0.2, 0.25) is 0 Å².